The van der Waals surface area contributed by atoms with Gasteiger partial charge in [0.2, 0.25) is 0 Å². The predicted molar refractivity (Wildman–Crippen MR) is 118 cm³/mol. The molecule has 30 heavy (non-hydrogen) atoms. The second-order valence-corrected chi connectivity index (χ2v) is 9.48. The molecule has 1 aliphatic carbocycles. The SMILES string of the molecule is Cc1cc(S(=O)(=O)Nc2ccccc2)ccc1OCC(=O)NC1CCCCCCC1. The van der Waals surface area contributed by atoms with E-state index in [1.165, 1.54) is 25.3 Å². The second kappa shape index (κ2) is 10.5. The molecule has 1 amide bonds. The van der Waals surface area contributed by atoms with Crippen LogP contribution in [0.25, 0.3) is 0 Å². The van der Waals surface area contributed by atoms with Crippen molar-refractivity contribution in [1.82, 2.24) is 5.32 Å². The summed E-state index contributed by atoms with van der Waals surface area (Å²) in [6, 6.07) is 13.6. The second-order valence-electron chi connectivity index (χ2n) is 7.80. The van der Waals surface area contributed by atoms with Crippen molar-refractivity contribution in [2.45, 2.75) is 62.8 Å². The number of anilines is 1. The van der Waals surface area contributed by atoms with Crippen LogP contribution in [-0.4, -0.2) is 27.0 Å². The molecule has 1 fully saturated rings. The molecule has 2 aromatic rings. The van der Waals surface area contributed by atoms with E-state index >= 15 is 0 Å². The van der Waals surface area contributed by atoms with Crippen molar-refractivity contribution in [2.24, 2.45) is 0 Å². The van der Waals surface area contributed by atoms with E-state index in [1.54, 1.807) is 43.3 Å². The fourth-order valence-electron chi connectivity index (χ4n) is 3.68. The Hall–Kier alpha value is -2.54. The number of benzene rings is 2. The van der Waals surface area contributed by atoms with Gasteiger partial charge in [0.25, 0.3) is 15.9 Å². The van der Waals surface area contributed by atoms with Crippen molar-refractivity contribution >= 4 is 21.6 Å². The van der Waals surface area contributed by atoms with Crippen LogP contribution in [0, 0.1) is 6.92 Å². The highest BCUT2D eigenvalue weighted by molar-refractivity contribution is 7.92. The fraction of sp³-hybridized carbons (Fsp3) is 0.435. The molecule has 162 valence electrons. The van der Waals surface area contributed by atoms with E-state index in [4.69, 9.17) is 4.74 Å². The standard InChI is InChI=1S/C23H30N2O4S/c1-18-16-21(30(27,28)25-20-12-8-5-9-13-20)14-15-22(18)29-17-23(26)24-19-10-6-3-2-4-7-11-19/h5,8-9,12-16,19,25H,2-4,6-7,10-11,17H2,1H3,(H,24,26). The Kier molecular flexibility index (Phi) is 7.74. The summed E-state index contributed by atoms with van der Waals surface area (Å²) in [5.74, 6) is 0.365. The zero-order chi connectivity index (χ0) is 21.4. The molecule has 0 unspecified atom stereocenters. The van der Waals surface area contributed by atoms with Gasteiger partial charge in [0.1, 0.15) is 5.75 Å². The highest BCUT2D eigenvalue weighted by atomic mass is 32.2. The fourth-order valence-corrected chi connectivity index (χ4v) is 4.83. The average Bonchev–Trinajstić information content (AvgIpc) is 2.69. The van der Waals surface area contributed by atoms with E-state index in [9.17, 15) is 13.2 Å². The van der Waals surface area contributed by atoms with Crippen LogP contribution in [0.3, 0.4) is 0 Å². The molecule has 0 aliphatic heterocycles. The van der Waals surface area contributed by atoms with Gasteiger partial charge in [-0.3, -0.25) is 9.52 Å². The Morgan fingerprint density at radius 3 is 2.33 bits per heavy atom. The summed E-state index contributed by atoms with van der Waals surface area (Å²) in [5.41, 5.74) is 1.16. The lowest BCUT2D eigenvalue weighted by atomic mass is 9.97. The number of para-hydroxylation sites is 1. The van der Waals surface area contributed by atoms with Crippen molar-refractivity contribution in [3.05, 3.63) is 54.1 Å². The summed E-state index contributed by atoms with van der Waals surface area (Å²) < 4.78 is 33.4. The number of sulfonamides is 1. The lowest BCUT2D eigenvalue weighted by Crippen LogP contribution is -2.38. The van der Waals surface area contributed by atoms with Gasteiger partial charge < -0.3 is 10.1 Å². The molecule has 0 spiro atoms. The molecular formula is C23H30N2O4S. The first kappa shape index (κ1) is 22.2. The lowest BCUT2D eigenvalue weighted by Gasteiger charge is -2.21. The molecule has 0 radical (unpaired) electrons. The van der Waals surface area contributed by atoms with Gasteiger partial charge in [-0.2, -0.15) is 0 Å². The summed E-state index contributed by atoms with van der Waals surface area (Å²) >= 11 is 0. The first-order valence-corrected chi connectivity index (χ1v) is 12.0. The summed E-state index contributed by atoms with van der Waals surface area (Å²) in [5, 5.41) is 3.07. The van der Waals surface area contributed by atoms with Gasteiger partial charge in [0.05, 0.1) is 4.90 Å². The number of hydrogen-bond acceptors (Lipinski definition) is 4. The Morgan fingerprint density at radius 2 is 1.67 bits per heavy atom. The summed E-state index contributed by atoms with van der Waals surface area (Å²) in [6.45, 7) is 1.69. The van der Waals surface area contributed by atoms with Gasteiger partial charge in [-0.1, -0.05) is 50.3 Å². The number of aryl methyl sites for hydroxylation is 1. The Balaban J connectivity index is 1.56. The third-order valence-corrected chi connectivity index (χ3v) is 6.69. The van der Waals surface area contributed by atoms with Gasteiger partial charge in [-0.25, -0.2) is 8.42 Å². The minimum Gasteiger partial charge on any atom is -0.484 e. The average molecular weight is 431 g/mol. The van der Waals surface area contributed by atoms with E-state index in [2.05, 4.69) is 10.0 Å². The maximum absolute atomic E-state index is 12.6. The number of nitrogens with one attached hydrogen (secondary N) is 2. The predicted octanol–water partition coefficient (Wildman–Crippen LogP) is 4.40. The van der Waals surface area contributed by atoms with E-state index in [0.29, 0.717) is 17.0 Å². The van der Waals surface area contributed by atoms with Crippen molar-refractivity contribution in [1.29, 1.82) is 0 Å². The molecule has 2 N–H and O–H groups in total. The first-order valence-electron chi connectivity index (χ1n) is 10.5. The van der Waals surface area contributed by atoms with Crippen molar-refractivity contribution < 1.29 is 17.9 Å². The monoisotopic (exact) mass is 430 g/mol. The third kappa shape index (κ3) is 6.49. The number of hydrogen-bond donors (Lipinski definition) is 2. The third-order valence-electron chi connectivity index (χ3n) is 5.31. The van der Waals surface area contributed by atoms with Crippen LogP contribution >= 0.6 is 0 Å². The van der Waals surface area contributed by atoms with Crippen molar-refractivity contribution in [3.8, 4) is 5.75 Å². The van der Waals surface area contributed by atoms with Crippen molar-refractivity contribution in [2.75, 3.05) is 11.3 Å². The van der Waals surface area contributed by atoms with E-state index < -0.39 is 10.0 Å². The van der Waals surface area contributed by atoms with Gasteiger partial charge >= 0.3 is 0 Å². The number of amides is 1. The van der Waals surface area contributed by atoms with Crippen LogP contribution in [0.5, 0.6) is 5.75 Å². The highest BCUT2D eigenvalue weighted by Crippen LogP contribution is 2.24. The molecule has 0 aromatic heterocycles. The Labute approximate surface area is 179 Å². The topological polar surface area (TPSA) is 84.5 Å². The van der Waals surface area contributed by atoms with Crippen LogP contribution in [-0.2, 0) is 14.8 Å². The van der Waals surface area contributed by atoms with E-state index in [0.717, 1.165) is 25.7 Å². The number of rotatable bonds is 7. The zero-order valence-corrected chi connectivity index (χ0v) is 18.2. The van der Waals surface area contributed by atoms with Crippen molar-refractivity contribution in [3.63, 3.8) is 0 Å². The summed E-state index contributed by atoms with van der Waals surface area (Å²) in [4.78, 5) is 12.4. The van der Waals surface area contributed by atoms with E-state index in [-0.39, 0.29) is 23.5 Å². The summed E-state index contributed by atoms with van der Waals surface area (Å²) in [7, 11) is -3.69. The van der Waals surface area contributed by atoms with Crippen LogP contribution < -0.4 is 14.8 Å². The first-order chi connectivity index (χ1) is 14.4. The number of carbonyl (C=O) groups excluding carboxylic acids is 1. The van der Waals surface area contributed by atoms with E-state index in [1.807, 2.05) is 6.07 Å². The van der Waals surface area contributed by atoms with Gasteiger partial charge in [-0.15, -0.1) is 0 Å². The molecule has 0 atom stereocenters. The molecule has 0 bridgehead atoms. The number of carbonyl (C=O) groups is 1. The molecule has 1 saturated carbocycles. The molecule has 2 aromatic carbocycles. The summed E-state index contributed by atoms with van der Waals surface area (Å²) in [6.07, 6.45) is 8.09. The normalized spacial score (nSPS) is 15.6. The quantitative estimate of drug-likeness (QED) is 0.682. The minimum absolute atomic E-state index is 0.0777. The maximum Gasteiger partial charge on any atom is 0.261 e. The maximum atomic E-state index is 12.6. The molecule has 1 aliphatic rings. The molecule has 7 heteroatoms. The largest absolute Gasteiger partial charge is 0.484 e. The van der Waals surface area contributed by atoms with Gasteiger partial charge in [0, 0.05) is 11.7 Å². The Bertz CT molecular complexity index is 937. The molecular weight excluding hydrogens is 400 g/mol. The molecule has 0 heterocycles. The zero-order valence-electron chi connectivity index (χ0n) is 17.4. The Morgan fingerprint density at radius 1 is 1.00 bits per heavy atom. The minimum atomic E-state index is -3.69. The van der Waals surface area contributed by atoms with Crippen LogP contribution in [0.15, 0.2) is 53.4 Å². The van der Waals surface area contributed by atoms with Gasteiger partial charge in [-0.05, 0) is 55.7 Å². The number of ether oxygens (including phenoxy) is 1. The van der Waals surface area contributed by atoms with Crippen LogP contribution in [0.2, 0.25) is 0 Å². The van der Waals surface area contributed by atoms with Gasteiger partial charge in [0.15, 0.2) is 6.61 Å². The van der Waals surface area contributed by atoms with Crippen LogP contribution in [0.4, 0.5) is 5.69 Å². The highest BCUT2D eigenvalue weighted by Gasteiger charge is 2.17. The smallest absolute Gasteiger partial charge is 0.261 e. The molecule has 6 nitrogen and oxygen atoms in total. The lowest BCUT2D eigenvalue weighted by molar-refractivity contribution is -0.123. The molecule has 3 rings (SSSR count). The van der Waals surface area contributed by atoms with Crippen LogP contribution in [0.1, 0.15) is 50.5 Å². The molecule has 0 saturated heterocycles.